The Kier molecular flexibility index (Phi) is 6.59. The van der Waals surface area contributed by atoms with Crippen LogP contribution < -0.4 is 20.1 Å². The van der Waals surface area contributed by atoms with E-state index < -0.39 is 5.91 Å². The Bertz CT molecular complexity index is 1110. The summed E-state index contributed by atoms with van der Waals surface area (Å²) in [6, 6.07) is 11.4. The number of aromatic nitrogens is 2. The van der Waals surface area contributed by atoms with Gasteiger partial charge in [-0.1, -0.05) is 17.7 Å². The number of anilines is 1. The molecule has 0 aliphatic rings. The van der Waals surface area contributed by atoms with Crippen LogP contribution in [0.25, 0.3) is 0 Å². The lowest BCUT2D eigenvalue weighted by Crippen LogP contribution is -2.35. The fraction of sp³-hybridized carbons (Fsp3) is 0.261. The number of nitrogens with one attached hydrogen (secondary N) is 1. The summed E-state index contributed by atoms with van der Waals surface area (Å²) in [7, 11) is 3.20. The third kappa shape index (κ3) is 4.69. The molecule has 3 rings (SSSR count). The van der Waals surface area contributed by atoms with Gasteiger partial charge < -0.3 is 25.1 Å². The van der Waals surface area contributed by atoms with E-state index in [0.717, 1.165) is 22.4 Å². The Morgan fingerprint density at radius 1 is 1.10 bits per heavy atom. The van der Waals surface area contributed by atoms with Gasteiger partial charge in [-0.2, -0.15) is 0 Å². The van der Waals surface area contributed by atoms with Gasteiger partial charge in [0.2, 0.25) is 0 Å². The summed E-state index contributed by atoms with van der Waals surface area (Å²) in [5.41, 5.74) is 9.03. The lowest BCUT2D eigenvalue weighted by atomic mass is 10.1. The van der Waals surface area contributed by atoms with Crippen LogP contribution in [0.1, 0.15) is 37.7 Å². The summed E-state index contributed by atoms with van der Waals surface area (Å²) in [6.45, 7) is 4.27. The number of hydrogen-bond acceptors (Lipinski definition) is 5. The summed E-state index contributed by atoms with van der Waals surface area (Å²) in [6.07, 6.45) is 1.79. The minimum atomic E-state index is -0.764. The summed E-state index contributed by atoms with van der Waals surface area (Å²) in [5.74, 6) is 0.248. The molecule has 8 heteroatoms. The fourth-order valence-electron chi connectivity index (χ4n) is 3.53. The van der Waals surface area contributed by atoms with Gasteiger partial charge in [-0.3, -0.25) is 9.59 Å². The van der Waals surface area contributed by atoms with E-state index >= 15 is 0 Å². The topological polar surface area (TPSA) is 111 Å². The average molecular weight is 422 g/mol. The number of benzene rings is 2. The molecular formula is C23H26N4O4. The minimum Gasteiger partial charge on any atom is -0.497 e. The lowest BCUT2D eigenvalue weighted by molar-refractivity contribution is 0.0955. The number of ether oxygens (including phenoxy) is 2. The van der Waals surface area contributed by atoms with Gasteiger partial charge in [-0.05, 0) is 55.7 Å². The molecule has 1 aromatic heterocycles. The predicted octanol–water partition coefficient (Wildman–Crippen LogP) is 3.03. The smallest absolute Gasteiger partial charge is 0.277 e. The molecule has 3 aromatic rings. The van der Waals surface area contributed by atoms with E-state index in [-0.39, 0.29) is 17.3 Å². The molecule has 1 heterocycles. The van der Waals surface area contributed by atoms with Crippen LogP contribution in [0.4, 0.5) is 5.69 Å². The molecule has 0 atom stereocenters. The van der Waals surface area contributed by atoms with Gasteiger partial charge in [0.1, 0.15) is 17.2 Å². The van der Waals surface area contributed by atoms with Crippen molar-refractivity contribution in [1.29, 1.82) is 0 Å². The Labute approximate surface area is 181 Å². The average Bonchev–Trinajstić information content (AvgIpc) is 3.25. The van der Waals surface area contributed by atoms with Crippen LogP contribution in [0.2, 0.25) is 0 Å². The second-order valence-electron chi connectivity index (χ2n) is 7.16. The van der Waals surface area contributed by atoms with Crippen LogP contribution in [0, 0.1) is 13.8 Å². The Hall–Kier alpha value is -3.81. The molecule has 0 bridgehead atoms. The first-order chi connectivity index (χ1) is 14.8. The highest BCUT2D eigenvalue weighted by molar-refractivity contribution is 6.11. The van der Waals surface area contributed by atoms with E-state index in [4.69, 9.17) is 15.2 Å². The molecule has 2 amide bonds. The largest absolute Gasteiger partial charge is 0.497 e. The maximum atomic E-state index is 13.5. The van der Waals surface area contributed by atoms with Gasteiger partial charge in [0.25, 0.3) is 11.8 Å². The number of aryl methyl sites for hydroxylation is 2. The number of imidazole rings is 1. The predicted molar refractivity (Wildman–Crippen MR) is 118 cm³/mol. The normalized spacial score (nSPS) is 10.6. The molecule has 8 nitrogen and oxygen atoms in total. The molecule has 3 N–H and O–H groups in total. The van der Waals surface area contributed by atoms with Crippen LogP contribution >= 0.6 is 0 Å². The molecule has 0 radical (unpaired) electrons. The molecule has 162 valence electrons. The SMILES string of the molecule is COc1ccc(OC)c(CCN(C(=O)c2[nH]cnc2C(N)=O)c2ccc(C)cc2C)c1. The highest BCUT2D eigenvalue weighted by Crippen LogP contribution is 2.27. The quantitative estimate of drug-likeness (QED) is 0.580. The van der Waals surface area contributed by atoms with E-state index in [2.05, 4.69) is 9.97 Å². The molecule has 0 spiro atoms. The molecule has 0 saturated heterocycles. The van der Waals surface area contributed by atoms with Crippen LogP contribution in [0.15, 0.2) is 42.7 Å². The number of carbonyl (C=O) groups is 2. The van der Waals surface area contributed by atoms with E-state index in [1.54, 1.807) is 19.1 Å². The van der Waals surface area contributed by atoms with Crippen molar-refractivity contribution in [3.8, 4) is 11.5 Å². The monoisotopic (exact) mass is 422 g/mol. The summed E-state index contributed by atoms with van der Waals surface area (Å²) < 4.78 is 10.8. The van der Waals surface area contributed by atoms with E-state index in [1.807, 2.05) is 50.2 Å². The molecule has 2 aromatic carbocycles. The number of nitrogens with zero attached hydrogens (tertiary/aromatic N) is 2. The second kappa shape index (κ2) is 9.34. The number of amides is 2. The zero-order valence-electron chi connectivity index (χ0n) is 18.1. The van der Waals surface area contributed by atoms with Crippen LogP contribution in [0.5, 0.6) is 11.5 Å². The van der Waals surface area contributed by atoms with Crippen LogP contribution in [-0.4, -0.2) is 42.5 Å². The Morgan fingerprint density at radius 3 is 2.52 bits per heavy atom. The van der Waals surface area contributed by atoms with Crippen molar-refractivity contribution < 1.29 is 19.1 Å². The van der Waals surface area contributed by atoms with Gasteiger partial charge in [0, 0.05) is 12.2 Å². The van der Waals surface area contributed by atoms with Gasteiger partial charge in [-0.25, -0.2) is 4.98 Å². The summed E-state index contributed by atoms with van der Waals surface area (Å²) in [5, 5.41) is 0. The Balaban J connectivity index is 2.00. The van der Waals surface area contributed by atoms with Crippen molar-refractivity contribution in [3.63, 3.8) is 0 Å². The second-order valence-corrected chi connectivity index (χ2v) is 7.16. The minimum absolute atomic E-state index is 0.0603. The highest BCUT2D eigenvalue weighted by atomic mass is 16.5. The molecule has 0 unspecified atom stereocenters. The highest BCUT2D eigenvalue weighted by Gasteiger charge is 2.26. The molecule has 0 fully saturated rings. The van der Waals surface area contributed by atoms with Crippen molar-refractivity contribution in [2.75, 3.05) is 25.7 Å². The van der Waals surface area contributed by atoms with Crippen LogP contribution in [-0.2, 0) is 6.42 Å². The molecule has 0 saturated carbocycles. The van der Waals surface area contributed by atoms with Gasteiger partial charge >= 0.3 is 0 Å². The molecular weight excluding hydrogens is 396 g/mol. The zero-order chi connectivity index (χ0) is 22.5. The number of primary amides is 1. The first-order valence-corrected chi connectivity index (χ1v) is 9.79. The number of aromatic amines is 1. The summed E-state index contributed by atoms with van der Waals surface area (Å²) in [4.78, 5) is 33.5. The number of carbonyl (C=O) groups excluding carboxylic acids is 2. The zero-order valence-corrected chi connectivity index (χ0v) is 18.1. The third-order valence-electron chi connectivity index (χ3n) is 5.07. The lowest BCUT2D eigenvalue weighted by Gasteiger charge is -2.25. The Morgan fingerprint density at radius 2 is 1.87 bits per heavy atom. The molecule has 0 aliphatic carbocycles. The van der Waals surface area contributed by atoms with Crippen molar-refractivity contribution in [3.05, 3.63) is 70.8 Å². The van der Waals surface area contributed by atoms with Gasteiger partial charge in [0.15, 0.2) is 5.69 Å². The number of nitrogens with two attached hydrogens (primary N) is 1. The maximum absolute atomic E-state index is 13.5. The number of rotatable bonds is 8. The van der Waals surface area contributed by atoms with Crippen LogP contribution in [0.3, 0.4) is 0 Å². The first-order valence-electron chi connectivity index (χ1n) is 9.79. The summed E-state index contributed by atoms with van der Waals surface area (Å²) >= 11 is 0. The van der Waals surface area contributed by atoms with Gasteiger partial charge in [0.05, 0.1) is 20.5 Å². The first kappa shape index (κ1) is 21.9. The standard InChI is InChI=1S/C23H26N4O4/c1-14-5-7-18(15(2)11-14)27(23(29)21-20(22(24)28)25-13-26-21)10-9-16-12-17(30-3)6-8-19(16)31-4/h5-8,11-13H,9-10H2,1-4H3,(H2,24,28)(H,25,26). The fourth-order valence-corrected chi connectivity index (χ4v) is 3.53. The number of H-pyrrole nitrogens is 1. The third-order valence-corrected chi connectivity index (χ3v) is 5.07. The van der Waals surface area contributed by atoms with Crippen molar-refractivity contribution in [2.24, 2.45) is 5.73 Å². The molecule has 0 aliphatic heterocycles. The van der Waals surface area contributed by atoms with E-state index in [1.165, 1.54) is 6.33 Å². The van der Waals surface area contributed by atoms with E-state index in [9.17, 15) is 9.59 Å². The number of hydrogen-bond donors (Lipinski definition) is 2. The van der Waals surface area contributed by atoms with Crippen molar-refractivity contribution >= 4 is 17.5 Å². The van der Waals surface area contributed by atoms with Crippen molar-refractivity contribution in [2.45, 2.75) is 20.3 Å². The van der Waals surface area contributed by atoms with E-state index in [0.29, 0.717) is 24.5 Å². The van der Waals surface area contributed by atoms with Gasteiger partial charge in [-0.15, -0.1) is 0 Å². The molecule has 31 heavy (non-hydrogen) atoms. The number of methoxy groups -OCH3 is 2. The van der Waals surface area contributed by atoms with Crippen molar-refractivity contribution in [1.82, 2.24) is 9.97 Å². The maximum Gasteiger partial charge on any atom is 0.277 e.